The molecule has 0 aliphatic heterocycles. The minimum Gasteiger partial charge on any atom is -0.494 e. The van der Waals surface area contributed by atoms with Crippen LogP contribution < -0.4 is 10.1 Å². The molecule has 0 radical (unpaired) electrons. The van der Waals surface area contributed by atoms with Gasteiger partial charge < -0.3 is 14.8 Å². The summed E-state index contributed by atoms with van der Waals surface area (Å²) in [6.07, 6.45) is 0. The van der Waals surface area contributed by atoms with Gasteiger partial charge in [-0.25, -0.2) is 9.18 Å². The van der Waals surface area contributed by atoms with Gasteiger partial charge in [0.1, 0.15) is 5.69 Å². The number of methoxy groups -OCH3 is 1. The number of aryl methyl sites for hydroxylation is 2. The third-order valence-corrected chi connectivity index (χ3v) is 3.80. The van der Waals surface area contributed by atoms with Crippen LogP contribution in [0.3, 0.4) is 0 Å². The summed E-state index contributed by atoms with van der Waals surface area (Å²) >= 11 is 0. The Morgan fingerprint density at radius 1 is 1.19 bits per heavy atom. The van der Waals surface area contributed by atoms with E-state index in [4.69, 9.17) is 9.47 Å². The third kappa shape index (κ3) is 4.78. The number of nitro groups is 1. The minimum atomic E-state index is -0.915. The van der Waals surface area contributed by atoms with Crippen LogP contribution in [-0.4, -0.2) is 30.5 Å². The molecule has 8 nitrogen and oxygen atoms in total. The maximum atomic E-state index is 13.6. The van der Waals surface area contributed by atoms with Gasteiger partial charge in [-0.15, -0.1) is 0 Å². The third-order valence-electron chi connectivity index (χ3n) is 3.80. The van der Waals surface area contributed by atoms with Gasteiger partial charge in [0.2, 0.25) is 0 Å². The molecule has 0 aromatic heterocycles. The Bertz CT molecular complexity index is 913. The smallest absolute Gasteiger partial charge is 0.338 e. The summed E-state index contributed by atoms with van der Waals surface area (Å²) in [6.45, 7) is 2.77. The number of nitrogens with one attached hydrogen (secondary N) is 1. The number of esters is 1. The maximum Gasteiger partial charge on any atom is 0.338 e. The summed E-state index contributed by atoms with van der Waals surface area (Å²) in [5.74, 6) is -2.46. The first-order chi connectivity index (χ1) is 12.7. The Balaban J connectivity index is 2.04. The predicted molar refractivity (Wildman–Crippen MR) is 94.4 cm³/mol. The van der Waals surface area contributed by atoms with Crippen LogP contribution in [0.1, 0.15) is 21.5 Å². The first-order valence-electron chi connectivity index (χ1n) is 7.79. The first-order valence-corrected chi connectivity index (χ1v) is 7.79. The molecule has 0 bridgehead atoms. The van der Waals surface area contributed by atoms with Crippen molar-refractivity contribution in [1.29, 1.82) is 0 Å². The highest BCUT2D eigenvalue weighted by Crippen LogP contribution is 2.27. The topological polar surface area (TPSA) is 108 Å². The van der Waals surface area contributed by atoms with Gasteiger partial charge in [-0.3, -0.25) is 14.9 Å². The fraction of sp³-hybridized carbons (Fsp3) is 0.222. The molecule has 0 fully saturated rings. The van der Waals surface area contributed by atoms with E-state index in [0.29, 0.717) is 5.56 Å². The quantitative estimate of drug-likeness (QED) is 0.471. The minimum absolute atomic E-state index is 0.000333. The molecule has 0 heterocycles. The molecule has 0 saturated carbocycles. The van der Waals surface area contributed by atoms with Gasteiger partial charge in [0.15, 0.2) is 18.2 Å². The average Bonchev–Trinajstić information content (AvgIpc) is 2.62. The Hall–Kier alpha value is -3.49. The number of rotatable bonds is 6. The zero-order valence-corrected chi connectivity index (χ0v) is 14.9. The van der Waals surface area contributed by atoms with Crippen molar-refractivity contribution in [3.8, 4) is 5.75 Å². The number of nitro benzene ring substituents is 1. The second-order valence-electron chi connectivity index (χ2n) is 5.68. The van der Waals surface area contributed by atoms with Gasteiger partial charge in [-0.1, -0.05) is 0 Å². The molecule has 0 spiro atoms. The number of anilines is 1. The van der Waals surface area contributed by atoms with E-state index in [1.54, 1.807) is 13.8 Å². The number of ether oxygens (including phenoxy) is 2. The van der Waals surface area contributed by atoms with Crippen LogP contribution in [0.4, 0.5) is 15.8 Å². The van der Waals surface area contributed by atoms with E-state index in [0.717, 1.165) is 11.6 Å². The Kier molecular flexibility index (Phi) is 6.07. The number of hydrogen-bond acceptors (Lipinski definition) is 6. The van der Waals surface area contributed by atoms with Crippen molar-refractivity contribution in [2.75, 3.05) is 19.0 Å². The normalized spacial score (nSPS) is 10.2. The van der Waals surface area contributed by atoms with Crippen molar-refractivity contribution in [3.05, 3.63) is 63.0 Å². The maximum absolute atomic E-state index is 13.6. The van der Waals surface area contributed by atoms with Crippen LogP contribution in [0, 0.1) is 29.8 Å². The van der Waals surface area contributed by atoms with Gasteiger partial charge >= 0.3 is 5.97 Å². The summed E-state index contributed by atoms with van der Waals surface area (Å²) in [5, 5.41) is 13.5. The highest BCUT2D eigenvalue weighted by atomic mass is 19.1. The zero-order chi connectivity index (χ0) is 20.1. The largest absolute Gasteiger partial charge is 0.494 e. The number of carbonyl (C=O) groups excluding carboxylic acids is 2. The molecule has 27 heavy (non-hydrogen) atoms. The van der Waals surface area contributed by atoms with Crippen molar-refractivity contribution >= 4 is 23.3 Å². The van der Waals surface area contributed by atoms with E-state index in [1.807, 2.05) is 0 Å². The molecule has 1 N–H and O–H groups in total. The van der Waals surface area contributed by atoms with Gasteiger partial charge in [-0.05, 0) is 49.2 Å². The number of benzene rings is 2. The number of carbonyl (C=O) groups is 2. The van der Waals surface area contributed by atoms with Crippen molar-refractivity contribution in [2.45, 2.75) is 13.8 Å². The summed E-state index contributed by atoms with van der Waals surface area (Å²) in [7, 11) is 1.28. The lowest BCUT2D eigenvalue weighted by Gasteiger charge is -2.10. The molecule has 2 aromatic carbocycles. The van der Waals surface area contributed by atoms with Crippen LogP contribution in [0.25, 0.3) is 0 Å². The SMILES string of the molecule is COc1ccc(C(=O)OCC(=O)Nc2cc(C)c(C)cc2[N+](=O)[O-])cc1F. The van der Waals surface area contributed by atoms with E-state index < -0.39 is 29.2 Å². The lowest BCUT2D eigenvalue weighted by Crippen LogP contribution is -2.21. The van der Waals surface area contributed by atoms with Gasteiger partial charge in [0.25, 0.3) is 11.6 Å². The summed E-state index contributed by atoms with van der Waals surface area (Å²) < 4.78 is 23.2. The van der Waals surface area contributed by atoms with Crippen molar-refractivity contribution < 1.29 is 28.4 Å². The molecule has 0 saturated heterocycles. The molecular formula is C18H17FN2O6. The van der Waals surface area contributed by atoms with E-state index in [2.05, 4.69) is 5.32 Å². The fourth-order valence-electron chi connectivity index (χ4n) is 2.25. The Labute approximate surface area is 154 Å². The summed E-state index contributed by atoms with van der Waals surface area (Å²) in [6, 6.07) is 6.27. The fourth-order valence-corrected chi connectivity index (χ4v) is 2.25. The van der Waals surface area contributed by atoms with E-state index in [9.17, 15) is 24.1 Å². The van der Waals surface area contributed by atoms with Crippen molar-refractivity contribution in [1.82, 2.24) is 0 Å². The Morgan fingerprint density at radius 3 is 2.44 bits per heavy atom. The lowest BCUT2D eigenvalue weighted by molar-refractivity contribution is -0.384. The number of hydrogen-bond donors (Lipinski definition) is 1. The summed E-state index contributed by atoms with van der Waals surface area (Å²) in [4.78, 5) is 34.4. The second kappa shape index (κ2) is 8.26. The number of nitrogens with zero attached hydrogens (tertiary/aromatic N) is 1. The molecule has 1 amide bonds. The van der Waals surface area contributed by atoms with E-state index in [1.165, 1.54) is 31.4 Å². The van der Waals surface area contributed by atoms with Gasteiger partial charge in [-0.2, -0.15) is 0 Å². The molecule has 2 aromatic rings. The zero-order valence-electron chi connectivity index (χ0n) is 14.9. The van der Waals surface area contributed by atoms with Crippen molar-refractivity contribution in [2.24, 2.45) is 0 Å². The van der Waals surface area contributed by atoms with Crippen LogP contribution in [-0.2, 0) is 9.53 Å². The molecular weight excluding hydrogens is 359 g/mol. The van der Waals surface area contributed by atoms with Gasteiger partial charge in [0, 0.05) is 6.07 Å². The molecule has 0 aliphatic rings. The average molecular weight is 376 g/mol. The Morgan fingerprint density at radius 2 is 1.85 bits per heavy atom. The van der Waals surface area contributed by atoms with Crippen LogP contribution >= 0.6 is 0 Å². The highest BCUT2D eigenvalue weighted by Gasteiger charge is 2.19. The number of amides is 1. The standard InChI is InChI=1S/C18H17FN2O6/c1-10-6-14(15(21(24)25)7-11(10)2)20-17(22)9-27-18(23)12-4-5-16(26-3)13(19)8-12/h4-8H,9H2,1-3H3,(H,20,22). The van der Waals surface area contributed by atoms with Crippen LogP contribution in [0.5, 0.6) is 5.75 Å². The lowest BCUT2D eigenvalue weighted by atomic mass is 10.1. The number of halogens is 1. The molecule has 2 rings (SSSR count). The van der Waals surface area contributed by atoms with E-state index in [-0.39, 0.29) is 22.7 Å². The summed E-state index contributed by atoms with van der Waals surface area (Å²) in [5.41, 5.74) is 1.09. The molecule has 9 heteroatoms. The predicted octanol–water partition coefficient (Wildman–Crippen LogP) is 3.15. The molecule has 0 unspecified atom stereocenters. The molecule has 0 atom stereocenters. The van der Waals surface area contributed by atoms with Crippen LogP contribution in [0.15, 0.2) is 30.3 Å². The van der Waals surface area contributed by atoms with Gasteiger partial charge in [0.05, 0.1) is 17.6 Å². The first kappa shape index (κ1) is 19.8. The van der Waals surface area contributed by atoms with Crippen molar-refractivity contribution in [3.63, 3.8) is 0 Å². The van der Waals surface area contributed by atoms with E-state index >= 15 is 0 Å². The van der Waals surface area contributed by atoms with Crippen LogP contribution in [0.2, 0.25) is 0 Å². The molecule has 142 valence electrons. The monoisotopic (exact) mass is 376 g/mol. The highest BCUT2D eigenvalue weighted by molar-refractivity contribution is 5.97. The second-order valence-corrected chi connectivity index (χ2v) is 5.68. The molecule has 0 aliphatic carbocycles.